The van der Waals surface area contributed by atoms with E-state index < -0.39 is 0 Å². The van der Waals surface area contributed by atoms with Crippen molar-refractivity contribution in [3.8, 4) is 0 Å². The second-order valence-electron chi connectivity index (χ2n) is 12.0. The van der Waals surface area contributed by atoms with Crippen LogP contribution in [0.25, 0.3) is 0 Å². The standard InChI is InChI=1S/C31H62N2O2/c1-9-10-25-35-31(34)26-33(23-14-22-32(7)8)24-21-30(6)20-13-19-29(5)18-12-17-28(4)16-11-15-27(2)3/h9-10,27-30H,11-26H2,1-8H3. The molecule has 4 heteroatoms. The van der Waals surface area contributed by atoms with E-state index in [1.54, 1.807) is 0 Å². The van der Waals surface area contributed by atoms with E-state index in [9.17, 15) is 4.79 Å². The summed E-state index contributed by atoms with van der Waals surface area (Å²) in [5.41, 5.74) is 0. The molecule has 0 saturated heterocycles. The highest BCUT2D eigenvalue weighted by Gasteiger charge is 2.14. The SMILES string of the molecule is CC=CCOC(=O)CN(CCCN(C)C)CCC(C)CCCC(C)CCCC(C)CCCC(C)C. The van der Waals surface area contributed by atoms with Gasteiger partial charge in [-0.2, -0.15) is 0 Å². The molecule has 0 amide bonds. The summed E-state index contributed by atoms with van der Waals surface area (Å²) in [4.78, 5) is 16.7. The van der Waals surface area contributed by atoms with E-state index in [1.165, 1.54) is 57.8 Å². The lowest BCUT2D eigenvalue weighted by molar-refractivity contribution is -0.143. The second-order valence-corrected chi connectivity index (χ2v) is 12.0. The number of carbonyl (C=O) groups excluding carboxylic acids is 1. The fourth-order valence-electron chi connectivity index (χ4n) is 4.69. The Morgan fingerprint density at radius 2 is 1.23 bits per heavy atom. The largest absolute Gasteiger partial charge is 0.461 e. The number of allylic oxidation sites excluding steroid dienone is 1. The van der Waals surface area contributed by atoms with Gasteiger partial charge in [-0.05, 0) is 77.2 Å². The Bertz CT molecular complexity index is 518. The molecule has 0 radical (unpaired) electrons. The average Bonchev–Trinajstić information content (AvgIpc) is 2.77. The van der Waals surface area contributed by atoms with Crippen molar-refractivity contribution in [3.63, 3.8) is 0 Å². The second kappa shape index (κ2) is 22.3. The van der Waals surface area contributed by atoms with Crippen LogP contribution in [0.2, 0.25) is 0 Å². The molecule has 0 aliphatic heterocycles. The van der Waals surface area contributed by atoms with Gasteiger partial charge in [0.1, 0.15) is 6.61 Å². The maximum absolute atomic E-state index is 12.2. The normalized spacial score (nSPS) is 14.8. The van der Waals surface area contributed by atoms with Crippen molar-refractivity contribution >= 4 is 5.97 Å². The maximum Gasteiger partial charge on any atom is 0.320 e. The van der Waals surface area contributed by atoms with Crippen LogP contribution in [0.4, 0.5) is 0 Å². The number of nitrogens with zero attached hydrogens (tertiary/aromatic N) is 2. The highest BCUT2D eigenvalue weighted by atomic mass is 16.5. The van der Waals surface area contributed by atoms with Gasteiger partial charge in [-0.3, -0.25) is 9.69 Å². The van der Waals surface area contributed by atoms with E-state index in [1.807, 2.05) is 19.1 Å². The topological polar surface area (TPSA) is 32.8 Å². The number of rotatable bonds is 23. The van der Waals surface area contributed by atoms with E-state index in [0.717, 1.165) is 50.2 Å². The monoisotopic (exact) mass is 494 g/mol. The van der Waals surface area contributed by atoms with Crippen molar-refractivity contribution < 1.29 is 9.53 Å². The summed E-state index contributed by atoms with van der Waals surface area (Å²) >= 11 is 0. The van der Waals surface area contributed by atoms with Gasteiger partial charge in [-0.15, -0.1) is 0 Å². The third kappa shape index (κ3) is 23.3. The average molecular weight is 495 g/mol. The van der Waals surface area contributed by atoms with Gasteiger partial charge < -0.3 is 9.64 Å². The molecule has 3 unspecified atom stereocenters. The lowest BCUT2D eigenvalue weighted by atomic mass is 9.90. The summed E-state index contributed by atoms with van der Waals surface area (Å²) in [5.74, 6) is 3.18. The van der Waals surface area contributed by atoms with E-state index in [2.05, 4.69) is 58.5 Å². The van der Waals surface area contributed by atoms with E-state index in [4.69, 9.17) is 4.74 Å². The summed E-state index contributed by atoms with van der Waals surface area (Å²) in [6.07, 6.45) is 18.4. The summed E-state index contributed by atoms with van der Waals surface area (Å²) in [5, 5.41) is 0. The molecule has 0 aromatic rings. The predicted molar refractivity (Wildman–Crippen MR) is 154 cm³/mol. The molecule has 0 rings (SSSR count). The molecule has 0 aromatic heterocycles. The molecule has 0 heterocycles. The molecule has 0 aliphatic carbocycles. The summed E-state index contributed by atoms with van der Waals surface area (Å²) < 4.78 is 5.34. The number of carbonyl (C=O) groups is 1. The zero-order valence-corrected chi connectivity index (χ0v) is 25.0. The Morgan fingerprint density at radius 3 is 1.71 bits per heavy atom. The van der Waals surface area contributed by atoms with Crippen LogP contribution < -0.4 is 0 Å². The fraction of sp³-hybridized carbons (Fsp3) is 0.903. The molecular weight excluding hydrogens is 432 g/mol. The first-order valence-corrected chi connectivity index (χ1v) is 14.8. The van der Waals surface area contributed by atoms with Crippen LogP contribution >= 0.6 is 0 Å². The van der Waals surface area contributed by atoms with Crippen molar-refractivity contribution in [1.82, 2.24) is 9.80 Å². The maximum atomic E-state index is 12.2. The number of hydrogen-bond donors (Lipinski definition) is 0. The summed E-state index contributed by atoms with van der Waals surface area (Å²) in [7, 11) is 4.21. The van der Waals surface area contributed by atoms with Gasteiger partial charge in [0, 0.05) is 0 Å². The number of hydrogen-bond acceptors (Lipinski definition) is 4. The van der Waals surface area contributed by atoms with Crippen LogP contribution in [0, 0.1) is 23.7 Å². The quantitative estimate of drug-likeness (QED) is 0.107. The Balaban J connectivity index is 4.13. The van der Waals surface area contributed by atoms with Crippen molar-refractivity contribution in [2.75, 3.05) is 46.9 Å². The summed E-state index contributed by atoms with van der Waals surface area (Å²) in [6, 6.07) is 0. The van der Waals surface area contributed by atoms with Gasteiger partial charge in [0.15, 0.2) is 0 Å². The lowest BCUT2D eigenvalue weighted by Crippen LogP contribution is -2.34. The van der Waals surface area contributed by atoms with E-state index in [-0.39, 0.29) is 5.97 Å². The predicted octanol–water partition coefficient (Wildman–Crippen LogP) is 7.82. The first-order valence-electron chi connectivity index (χ1n) is 14.8. The summed E-state index contributed by atoms with van der Waals surface area (Å²) in [6.45, 7) is 17.7. The molecular formula is C31H62N2O2. The van der Waals surface area contributed by atoms with Gasteiger partial charge in [0.2, 0.25) is 0 Å². The van der Waals surface area contributed by atoms with Crippen molar-refractivity contribution in [2.45, 2.75) is 112 Å². The molecule has 4 nitrogen and oxygen atoms in total. The highest BCUT2D eigenvalue weighted by Crippen LogP contribution is 2.22. The van der Waals surface area contributed by atoms with E-state index >= 15 is 0 Å². The zero-order chi connectivity index (χ0) is 26.5. The van der Waals surface area contributed by atoms with Crippen LogP contribution in [-0.4, -0.2) is 62.7 Å². The third-order valence-electron chi connectivity index (χ3n) is 7.21. The first-order chi connectivity index (χ1) is 16.6. The lowest BCUT2D eigenvalue weighted by Gasteiger charge is -2.24. The Kier molecular flexibility index (Phi) is 21.8. The molecule has 0 saturated carbocycles. The molecule has 208 valence electrons. The Morgan fingerprint density at radius 1 is 0.714 bits per heavy atom. The molecule has 0 aromatic carbocycles. The first kappa shape index (κ1) is 34.1. The van der Waals surface area contributed by atoms with Gasteiger partial charge in [0.25, 0.3) is 0 Å². The molecule has 0 aliphatic rings. The number of esters is 1. The van der Waals surface area contributed by atoms with Crippen molar-refractivity contribution in [3.05, 3.63) is 12.2 Å². The van der Waals surface area contributed by atoms with Crippen LogP contribution in [0.5, 0.6) is 0 Å². The zero-order valence-electron chi connectivity index (χ0n) is 25.0. The molecule has 0 spiro atoms. The third-order valence-corrected chi connectivity index (χ3v) is 7.21. The molecule has 0 fully saturated rings. The Hall–Kier alpha value is -0.870. The number of ether oxygens (including phenoxy) is 1. The van der Waals surface area contributed by atoms with Crippen molar-refractivity contribution in [2.24, 2.45) is 23.7 Å². The molecule has 3 atom stereocenters. The minimum absolute atomic E-state index is 0.108. The molecule has 35 heavy (non-hydrogen) atoms. The smallest absolute Gasteiger partial charge is 0.320 e. The van der Waals surface area contributed by atoms with Crippen LogP contribution in [0.3, 0.4) is 0 Å². The van der Waals surface area contributed by atoms with Crippen molar-refractivity contribution in [1.29, 1.82) is 0 Å². The van der Waals surface area contributed by atoms with Gasteiger partial charge in [-0.25, -0.2) is 0 Å². The fourth-order valence-corrected chi connectivity index (χ4v) is 4.69. The highest BCUT2D eigenvalue weighted by molar-refractivity contribution is 5.71. The Labute approximate surface area is 220 Å². The molecule has 0 N–H and O–H groups in total. The van der Waals surface area contributed by atoms with Gasteiger partial charge in [0.05, 0.1) is 6.54 Å². The van der Waals surface area contributed by atoms with Crippen LogP contribution in [0.1, 0.15) is 112 Å². The minimum atomic E-state index is -0.108. The molecule has 0 bridgehead atoms. The van der Waals surface area contributed by atoms with Crippen LogP contribution in [-0.2, 0) is 9.53 Å². The van der Waals surface area contributed by atoms with E-state index in [0.29, 0.717) is 19.1 Å². The van der Waals surface area contributed by atoms with Gasteiger partial charge >= 0.3 is 5.97 Å². The van der Waals surface area contributed by atoms with Crippen LogP contribution in [0.15, 0.2) is 12.2 Å². The van der Waals surface area contributed by atoms with Gasteiger partial charge in [-0.1, -0.05) is 105 Å². The minimum Gasteiger partial charge on any atom is -0.461 e.